The summed E-state index contributed by atoms with van der Waals surface area (Å²) in [6, 6.07) is 9.07. The highest BCUT2D eigenvalue weighted by Gasteiger charge is 2.27. The molecule has 2 aliphatic heterocycles. The molecule has 0 radical (unpaired) electrons. The van der Waals surface area contributed by atoms with Crippen molar-refractivity contribution < 1.29 is 4.92 Å². The summed E-state index contributed by atoms with van der Waals surface area (Å²) in [5, 5.41) is 21.2. The van der Waals surface area contributed by atoms with E-state index in [2.05, 4.69) is 15.9 Å². The number of hydrogen-bond donors (Lipinski definition) is 0. The van der Waals surface area contributed by atoms with Crippen molar-refractivity contribution in [3.05, 3.63) is 39.9 Å². The summed E-state index contributed by atoms with van der Waals surface area (Å²) >= 11 is 0. The number of nitro groups is 1. The molecular weight excluding hydrogens is 354 g/mol. The average Bonchev–Trinajstić information content (AvgIpc) is 3.02. The van der Waals surface area contributed by atoms with Crippen LogP contribution in [-0.2, 0) is 0 Å². The highest BCUT2D eigenvalue weighted by Crippen LogP contribution is 2.29. The van der Waals surface area contributed by atoms with E-state index >= 15 is 0 Å². The number of non-ortho nitro benzene ring substituents is 1. The molecule has 2 aromatic rings. The van der Waals surface area contributed by atoms with Crippen LogP contribution in [0.25, 0.3) is 10.9 Å². The molecule has 0 spiro atoms. The number of hydrogen-bond acceptors (Lipinski definition) is 6. The van der Waals surface area contributed by atoms with E-state index in [1.165, 1.54) is 57.3 Å². The Balaban J connectivity index is 1.62. The first-order chi connectivity index (χ1) is 13.7. The SMILES string of the molecule is N#Cc1cc(N2CCCC(N3CCCCCC3)C2)nc2ccc([N+](=O)[O-])cc12. The summed E-state index contributed by atoms with van der Waals surface area (Å²) in [5.41, 5.74) is 1.06. The number of nitro benzene ring substituents is 1. The maximum absolute atomic E-state index is 11.1. The van der Waals surface area contributed by atoms with Gasteiger partial charge in [0.25, 0.3) is 5.69 Å². The molecule has 1 aromatic heterocycles. The van der Waals surface area contributed by atoms with Gasteiger partial charge in [0.15, 0.2) is 0 Å². The lowest BCUT2D eigenvalue weighted by Gasteiger charge is -2.39. The lowest BCUT2D eigenvalue weighted by atomic mass is 10.0. The summed E-state index contributed by atoms with van der Waals surface area (Å²) in [5.74, 6) is 0.803. The third-order valence-electron chi connectivity index (χ3n) is 5.99. The zero-order chi connectivity index (χ0) is 19.5. The molecule has 2 fully saturated rings. The van der Waals surface area contributed by atoms with Crippen molar-refractivity contribution in [2.45, 2.75) is 44.6 Å². The van der Waals surface area contributed by atoms with Crippen molar-refractivity contribution in [2.24, 2.45) is 0 Å². The number of likely N-dealkylation sites (tertiary alicyclic amines) is 1. The molecule has 146 valence electrons. The van der Waals surface area contributed by atoms with Gasteiger partial charge in [-0.2, -0.15) is 5.26 Å². The molecule has 0 N–H and O–H groups in total. The van der Waals surface area contributed by atoms with Gasteiger partial charge in [0.1, 0.15) is 5.82 Å². The molecule has 0 amide bonds. The van der Waals surface area contributed by atoms with Crippen molar-refractivity contribution in [3.63, 3.8) is 0 Å². The fraction of sp³-hybridized carbons (Fsp3) is 0.524. The first kappa shape index (κ1) is 18.6. The predicted molar refractivity (Wildman–Crippen MR) is 108 cm³/mol. The van der Waals surface area contributed by atoms with E-state index in [4.69, 9.17) is 4.98 Å². The zero-order valence-electron chi connectivity index (χ0n) is 16.0. The fourth-order valence-corrected chi connectivity index (χ4v) is 4.49. The van der Waals surface area contributed by atoms with Crippen LogP contribution in [0.5, 0.6) is 0 Å². The van der Waals surface area contributed by atoms with E-state index < -0.39 is 4.92 Å². The van der Waals surface area contributed by atoms with Crippen LogP contribution in [0.15, 0.2) is 24.3 Å². The third-order valence-corrected chi connectivity index (χ3v) is 5.99. The van der Waals surface area contributed by atoms with Crippen LogP contribution in [-0.4, -0.2) is 47.0 Å². The van der Waals surface area contributed by atoms with Gasteiger partial charge >= 0.3 is 0 Å². The predicted octanol–water partition coefficient (Wildman–Crippen LogP) is 3.86. The Labute approximate surface area is 164 Å². The molecule has 0 aliphatic carbocycles. The van der Waals surface area contributed by atoms with Crippen molar-refractivity contribution in [3.8, 4) is 6.07 Å². The summed E-state index contributed by atoms with van der Waals surface area (Å²) in [7, 11) is 0. The molecule has 1 atom stereocenters. The lowest BCUT2D eigenvalue weighted by molar-refractivity contribution is -0.384. The van der Waals surface area contributed by atoms with E-state index in [9.17, 15) is 15.4 Å². The molecule has 1 unspecified atom stereocenters. The molecule has 28 heavy (non-hydrogen) atoms. The van der Waals surface area contributed by atoms with Crippen molar-refractivity contribution in [1.29, 1.82) is 5.26 Å². The molecular formula is C21H25N5O2. The summed E-state index contributed by atoms with van der Waals surface area (Å²) in [6.07, 6.45) is 7.54. The van der Waals surface area contributed by atoms with Gasteiger partial charge in [0.2, 0.25) is 0 Å². The number of piperidine rings is 1. The maximum atomic E-state index is 11.1. The van der Waals surface area contributed by atoms with Gasteiger partial charge in [-0.05, 0) is 50.9 Å². The molecule has 0 saturated carbocycles. The largest absolute Gasteiger partial charge is 0.355 e. The Morgan fingerprint density at radius 2 is 1.89 bits per heavy atom. The van der Waals surface area contributed by atoms with E-state index in [0.717, 1.165) is 25.3 Å². The van der Waals surface area contributed by atoms with Gasteiger partial charge in [-0.25, -0.2) is 4.98 Å². The van der Waals surface area contributed by atoms with Crippen LogP contribution in [0, 0.1) is 21.4 Å². The standard InChI is InChI=1S/C21H25N5O2/c22-14-16-12-21(23-20-8-7-17(26(27)28)13-19(16)20)25-11-5-6-18(15-25)24-9-3-1-2-4-10-24/h7-8,12-13,18H,1-6,9-11,15H2. The number of pyridine rings is 1. The number of anilines is 1. The molecule has 4 rings (SSSR count). The zero-order valence-corrected chi connectivity index (χ0v) is 16.0. The Hall–Kier alpha value is -2.72. The highest BCUT2D eigenvalue weighted by molar-refractivity contribution is 5.88. The van der Waals surface area contributed by atoms with Crippen LogP contribution >= 0.6 is 0 Å². The molecule has 2 aliphatic rings. The molecule has 1 aromatic carbocycles. The topological polar surface area (TPSA) is 86.3 Å². The second-order valence-electron chi connectivity index (χ2n) is 7.79. The number of aromatic nitrogens is 1. The van der Waals surface area contributed by atoms with Crippen molar-refractivity contribution >= 4 is 22.4 Å². The Morgan fingerprint density at radius 1 is 1.11 bits per heavy atom. The first-order valence-corrected chi connectivity index (χ1v) is 10.1. The number of nitriles is 1. The number of rotatable bonds is 3. The maximum Gasteiger partial charge on any atom is 0.270 e. The molecule has 2 saturated heterocycles. The van der Waals surface area contributed by atoms with Crippen LogP contribution in [0.1, 0.15) is 44.1 Å². The van der Waals surface area contributed by atoms with Gasteiger partial charge in [0.05, 0.1) is 22.1 Å². The summed E-state index contributed by atoms with van der Waals surface area (Å²) < 4.78 is 0. The van der Waals surface area contributed by atoms with Crippen LogP contribution in [0.3, 0.4) is 0 Å². The van der Waals surface area contributed by atoms with Crippen LogP contribution in [0.4, 0.5) is 11.5 Å². The minimum absolute atomic E-state index is 0.0160. The van der Waals surface area contributed by atoms with Crippen LogP contribution < -0.4 is 4.90 Å². The van der Waals surface area contributed by atoms with Gasteiger partial charge in [-0.3, -0.25) is 15.0 Å². The number of benzene rings is 1. The summed E-state index contributed by atoms with van der Waals surface area (Å²) in [6.45, 7) is 4.21. The second kappa shape index (κ2) is 8.11. The smallest absolute Gasteiger partial charge is 0.270 e. The minimum Gasteiger partial charge on any atom is -0.355 e. The van der Waals surface area contributed by atoms with E-state index in [0.29, 0.717) is 22.5 Å². The average molecular weight is 379 g/mol. The first-order valence-electron chi connectivity index (χ1n) is 10.1. The Bertz CT molecular complexity index is 915. The number of nitrogens with zero attached hydrogens (tertiary/aromatic N) is 5. The quantitative estimate of drug-likeness (QED) is 0.594. The molecule has 7 heteroatoms. The van der Waals surface area contributed by atoms with Gasteiger partial charge < -0.3 is 4.90 Å². The molecule has 7 nitrogen and oxygen atoms in total. The second-order valence-corrected chi connectivity index (χ2v) is 7.79. The van der Waals surface area contributed by atoms with Crippen LogP contribution in [0.2, 0.25) is 0 Å². The lowest BCUT2D eigenvalue weighted by Crippen LogP contribution is -2.48. The van der Waals surface area contributed by atoms with E-state index in [-0.39, 0.29) is 5.69 Å². The van der Waals surface area contributed by atoms with Crippen molar-refractivity contribution in [1.82, 2.24) is 9.88 Å². The fourth-order valence-electron chi connectivity index (χ4n) is 4.49. The Kier molecular flexibility index (Phi) is 5.40. The Morgan fingerprint density at radius 3 is 2.61 bits per heavy atom. The molecule has 3 heterocycles. The van der Waals surface area contributed by atoms with E-state index in [1.807, 2.05) is 0 Å². The van der Waals surface area contributed by atoms with Gasteiger partial charge in [-0.15, -0.1) is 0 Å². The minimum atomic E-state index is -0.440. The van der Waals surface area contributed by atoms with Crippen molar-refractivity contribution in [2.75, 3.05) is 31.1 Å². The van der Waals surface area contributed by atoms with Gasteiger partial charge in [0, 0.05) is 36.7 Å². The molecule has 0 bridgehead atoms. The third kappa shape index (κ3) is 3.78. The normalized spacial score (nSPS) is 21.2. The monoisotopic (exact) mass is 379 g/mol. The highest BCUT2D eigenvalue weighted by atomic mass is 16.6. The number of fused-ring (bicyclic) bond motifs is 1. The van der Waals surface area contributed by atoms with Gasteiger partial charge in [-0.1, -0.05) is 12.8 Å². The van der Waals surface area contributed by atoms with E-state index in [1.54, 1.807) is 12.1 Å². The summed E-state index contributed by atoms with van der Waals surface area (Å²) in [4.78, 5) is 20.3.